The van der Waals surface area contributed by atoms with Crippen LogP contribution in [0.3, 0.4) is 0 Å². The molecule has 0 fully saturated rings. The SMILES string of the molecule is O=C(Nc1ccc(OC(F)(F)F)c(Br)c1)c1csc(I)c1. The van der Waals surface area contributed by atoms with Gasteiger partial charge in [0, 0.05) is 11.1 Å². The molecular weight excluding hydrogens is 486 g/mol. The highest BCUT2D eigenvalue weighted by atomic mass is 127. The molecule has 1 aromatic heterocycles. The van der Waals surface area contributed by atoms with Gasteiger partial charge in [0.1, 0.15) is 5.75 Å². The van der Waals surface area contributed by atoms with E-state index >= 15 is 0 Å². The normalized spacial score (nSPS) is 11.3. The van der Waals surface area contributed by atoms with Gasteiger partial charge < -0.3 is 10.1 Å². The summed E-state index contributed by atoms with van der Waals surface area (Å²) in [5, 5.41) is 4.30. The lowest BCUT2D eigenvalue weighted by atomic mass is 10.2. The number of amides is 1. The number of rotatable bonds is 3. The van der Waals surface area contributed by atoms with Crippen LogP contribution in [0.2, 0.25) is 0 Å². The predicted molar refractivity (Wildman–Crippen MR) is 85.8 cm³/mol. The zero-order chi connectivity index (χ0) is 15.6. The van der Waals surface area contributed by atoms with Crippen LogP contribution in [-0.4, -0.2) is 12.3 Å². The molecule has 0 radical (unpaired) electrons. The third-order valence-electron chi connectivity index (χ3n) is 2.25. The maximum Gasteiger partial charge on any atom is 0.573 e. The molecule has 1 amide bonds. The summed E-state index contributed by atoms with van der Waals surface area (Å²) in [6.45, 7) is 0. The van der Waals surface area contributed by atoms with Gasteiger partial charge in [-0.1, -0.05) is 0 Å². The first-order valence-corrected chi connectivity index (χ1v) is 8.10. The first-order chi connectivity index (χ1) is 9.74. The molecule has 2 aromatic rings. The van der Waals surface area contributed by atoms with E-state index in [2.05, 4.69) is 48.6 Å². The van der Waals surface area contributed by atoms with Gasteiger partial charge in [0.05, 0.1) is 12.9 Å². The molecule has 0 aliphatic carbocycles. The highest BCUT2D eigenvalue weighted by Crippen LogP contribution is 2.32. The predicted octanol–water partition coefficient (Wildman–Crippen LogP) is 5.27. The average Bonchev–Trinajstić information content (AvgIpc) is 2.78. The summed E-state index contributed by atoms with van der Waals surface area (Å²) < 4.78 is 41.3. The molecule has 21 heavy (non-hydrogen) atoms. The minimum absolute atomic E-state index is 0.0949. The maximum atomic E-state index is 12.1. The molecule has 2 rings (SSSR count). The Morgan fingerprint density at radius 2 is 2.05 bits per heavy atom. The largest absolute Gasteiger partial charge is 0.573 e. The van der Waals surface area contributed by atoms with Gasteiger partial charge in [-0.25, -0.2) is 0 Å². The van der Waals surface area contributed by atoms with Gasteiger partial charge in [-0.3, -0.25) is 4.79 Å². The smallest absolute Gasteiger partial charge is 0.405 e. The van der Waals surface area contributed by atoms with Gasteiger partial charge >= 0.3 is 6.36 Å². The Morgan fingerprint density at radius 1 is 1.33 bits per heavy atom. The Kier molecular flexibility index (Phi) is 5.15. The number of alkyl halides is 3. The number of benzene rings is 1. The summed E-state index contributed by atoms with van der Waals surface area (Å²) in [6.07, 6.45) is -4.76. The second-order valence-electron chi connectivity index (χ2n) is 3.79. The topological polar surface area (TPSA) is 38.3 Å². The van der Waals surface area contributed by atoms with Crippen molar-refractivity contribution in [3.8, 4) is 5.75 Å². The van der Waals surface area contributed by atoms with Gasteiger partial charge in [0.15, 0.2) is 0 Å². The van der Waals surface area contributed by atoms with E-state index in [0.717, 1.165) is 8.95 Å². The van der Waals surface area contributed by atoms with E-state index < -0.39 is 6.36 Å². The number of hydrogen-bond acceptors (Lipinski definition) is 3. The molecule has 0 atom stereocenters. The summed E-state index contributed by atoms with van der Waals surface area (Å²) in [5.41, 5.74) is 0.860. The number of nitrogens with one attached hydrogen (secondary N) is 1. The van der Waals surface area contributed by atoms with Crippen molar-refractivity contribution < 1.29 is 22.7 Å². The van der Waals surface area contributed by atoms with Gasteiger partial charge in [-0.05, 0) is 62.8 Å². The lowest BCUT2D eigenvalue weighted by Gasteiger charge is -2.11. The third-order valence-corrected chi connectivity index (χ3v) is 4.65. The number of hydrogen-bond donors (Lipinski definition) is 1. The molecule has 0 bridgehead atoms. The Hall–Kier alpha value is -0.810. The highest BCUT2D eigenvalue weighted by Gasteiger charge is 2.31. The molecule has 9 heteroatoms. The van der Waals surface area contributed by atoms with Crippen molar-refractivity contribution in [3.63, 3.8) is 0 Å². The van der Waals surface area contributed by atoms with Gasteiger partial charge in [0.2, 0.25) is 0 Å². The van der Waals surface area contributed by atoms with Crippen LogP contribution >= 0.6 is 49.9 Å². The fourth-order valence-corrected chi connectivity index (χ4v) is 3.20. The van der Waals surface area contributed by atoms with Gasteiger partial charge in [-0.2, -0.15) is 0 Å². The van der Waals surface area contributed by atoms with Crippen LogP contribution in [0.15, 0.2) is 34.1 Å². The number of carbonyl (C=O) groups excluding carboxylic acids is 1. The Morgan fingerprint density at radius 3 is 2.57 bits per heavy atom. The molecule has 0 saturated heterocycles. The first-order valence-electron chi connectivity index (χ1n) is 5.35. The molecule has 0 spiro atoms. The van der Waals surface area contributed by atoms with Crippen LogP contribution < -0.4 is 10.1 Å². The van der Waals surface area contributed by atoms with E-state index in [1.165, 1.54) is 23.5 Å². The molecule has 0 aliphatic heterocycles. The minimum atomic E-state index is -4.76. The molecular formula is C12H6BrF3INO2S. The first kappa shape index (κ1) is 16.6. The number of halogens is 5. The summed E-state index contributed by atoms with van der Waals surface area (Å²) in [6, 6.07) is 5.53. The lowest BCUT2D eigenvalue weighted by Crippen LogP contribution is -2.17. The summed E-state index contributed by atoms with van der Waals surface area (Å²) >= 11 is 6.50. The Bertz CT molecular complexity index is 675. The molecule has 0 unspecified atom stereocenters. The van der Waals surface area contributed by atoms with Crippen molar-refractivity contribution in [2.75, 3.05) is 5.32 Å². The molecule has 1 N–H and O–H groups in total. The van der Waals surface area contributed by atoms with E-state index in [0.29, 0.717) is 11.3 Å². The van der Waals surface area contributed by atoms with Crippen LogP contribution in [0.1, 0.15) is 10.4 Å². The number of thiophene rings is 1. The van der Waals surface area contributed by atoms with E-state index in [1.54, 1.807) is 11.4 Å². The average molecular weight is 492 g/mol. The van der Waals surface area contributed by atoms with E-state index in [4.69, 9.17) is 0 Å². The van der Waals surface area contributed by atoms with Crippen LogP contribution in [-0.2, 0) is 0 Å². The second kappa shape index (κ2) is 6.53. The van der Waals surface area contributed by atoms with Gasteiger partial charge in [0.25, 0.3) is 5.91 Å². The van der Waals surface area contributed by atoms with E-state index in [-0.39, 0.29) is 16.1 Å². The Balaban J connectivity index is 2.11. The standard InChI is InChI=1S/C12H6BrF3INO2S/c13-8-4-7(1-2-9(8)20-12(14,15)16)18-11(19)6-3-10(17)21-5-6/h1-5H,(H,18,19). The molecule has 1 heterocycles. The quantitative estimate of drug-likeness (QED) is 0.594. The maximum absolute atomic E-state index is 12.1. The van der Waals surface area contributed by atoms with Crippen molar-refractivity contribution in [1.29, 1.82) is 0 Å². The lowest BCUT2D eigenvalue weighted by molar-refractivity contribution is -0.274. The zero-order valence-corrected chi connectivity index (χ0v) is 14.6. The molecule has 1 aromatic carbocycles. The van der Waals surface area contributed by atoms with Crippen molar-refractivity contribution in [1.82, 2.24) is 0 Å². The summed E-state index contributed by atoms with van der Waals surface area (Å²) in [5.74, 6) is -0.698. The third kappa shape index (κ3) is 4.85. The fourth-order valence-electron chi connectivity index (χ4n) is 1.42. The summed E-state index contributed by atoms with van der Waals surface area (Å²) in [4.78, 5) is 11.9. The highest BCUT2D eigenvalue weighted by molar-refractivity contribution is 14.1. The van der Waals surface area contributed by atoms with Crippen molar-refractivity contribution in [3.05, 3.63) is 42.6 Å². The van der Waals surface area contributed by atoms with Crippen molar-refractivity contribution >= 4 is 61.5 Å². The summed E-state index contributed by atoms with van der Waals surface area (Å²) in [7, 11) is 0. The Labute approximate surface area is 143 Å². The van der Waals surface area contributed by atoms with Crippen LogP contribution in [0.25, 0.3) is 0 Å². The monoisotopic (exact) mass is 491 g/mol. The molecule has 0 aliphatic rings. The van der Waals surface area contributed by atoms with Crippen LogP contribution in [0.5, 0.6) is 5.75 Å². The second-order valence-corrected chi connectivity index (χ2v) is 7.45. The zero-order valence-electron chi connectivity index (χ0n) is 10.0. The number of carbonyl (C=O) groups is 1. The fraction of sp³-hybridized carbons (Fsp3) is 0.0833. The van der Waals surface area contributed by atoms with Crippen molar-refractivity contribution in [2.45, 2.75) is 6.36 Å². The van der Waals surface area contributed by atoms with Crippen molar-refractivity contribution in [2.24, 2.45) is 0 Å². The van der Waals surface area contributed by atoms with Gasteiger partial charge in [-0.15, -0.1) is 24.5 Å². The van der Waals surface area contributed by atoms with E-state index in [9.17, 15) is 18.0 Å². The number of ether oxygens (including phenoxy) is 1. The molecule has 0 saturated carbocycles. The van der Waals surface area contributed by atoms with E-state index in [1.807, 2.05) is 0 Å². The molecule has 3 nitrogen and oxygen atoms in total. The van der Waals surface area contributed by atoms with Crippen LogP contribution in [0, 0.1) is 2.88 Å². The molecule has 112 valence electrons. The number of anilines is 1. The van der Waals surface area contributed by atoms with Crippen LogP contribution in [0.4, 0.5) is 18.9 Å². The minimum Gasteiger partial charge on any atom is -0.405 e.